The number of methoxy groups -OCH3 is 2. The minimum atomic E-state index is -5.27. The Morgan fingerprint density at radius 2 is 1.72 bits per heavy atom. The fourth-order valence-corrected chi connectivity index (χ4v) is 3.66. The average molecular weight is 573 g/mol. The van der Waals surface area contributed by atoms with E-state index in [0.717, 1.165) is 24.3 Å². The quantitative estimate of drug-likeness (QED) is 0.307. The summed E-state index contributed by atoms with van der Waals surface area (Å²) >= 11 is 5.82. The van der Waals surface area contributed by atoms with Crippen LogP contribution in [0.25, 0.3) is 11.3 Å². The lowest BCUT2D eigenvalue weighted by Gasteiger charge is -2.30. The third-order valence-corrected chi connectivity index (χ3v) is 5.86. The third kappa shape index (κ3) is 6.70. The molecule has 3 rings (SSSR count). The van der Waals surface area contributed by atoms with Gasteiger partial charge in [-0.2, -0.15) is 13.2 Å². The normalized spacial score (nSPS) is 13.8. The van der Waals surface area contributed by atoms with E-state index in [1.54, 1.807) is 0 Å². The molecule has 0 fully saturated rings. The van der Waals surface area contributed by atoms with Crippen LogP contribution in [0.15, 0.2) is 48.5 Å². The number of hydrogen-bond donors (Lipinski definition) is 3. The number of ether oxygens (including phenoxy) is 3. The number of nitrogens with zero attached hydrogens (tertiary/aromatic N) is 1. The predicted molar refractivity (Wildman–Crippen MR) is 134 cm³/mol. The molecule has 3 N–H and O–H groups in total. The first-order valence-electron chi connectivity index (χ1n) is 11.4. The van der Waals surface area contributed by atoms with Crippen LogP contribution in [-0.4, -0.2) is 60.8 Å². The number of hydrogen-bond acceptors (Lipinski definition) is 7. The highest BCUT2D eigenvalue weighted by molar-refractivity contribution is 6.31. The molecule has 3 aromatic rings. The molecule has 13 heteroatoms. The van der Waals surface area contributed by atoms with Crippen LogP contribution < -0.4 is 19.5 Å². The molecule has 1 aromatic heterocycles. The predicted octanol–water partition coefficient (Wildman–Crippen LogP) is 4.50. The maximum Gasteiger partial charge on any atom is 0.424 e. The van der Waals surface area contributed by atoms with Gasteiger partial charge in [-0.3, -0.25) is 4.79 Å². The zero-order valence-corrected chi connectivity index (χ0v) is 21.7. The monoisotopic (exact) mass is 572 g/mol. The first-order valence-corrected chi connectivity index (χ1v) is 11.8. The molecule has 39 heavy (non-hydrogen) atoms. The molecule has 0 aliphatic carbocycles. The number of carbonyl (C=O) groups is 1. The van der Waals surface area contributed by atoms with Gasteiger partial charge in [0.2, 0.25) is 5.60 Å². The van der Waals surface area contributed by atoms with Crippen LogP contribution in [0, 0.1) is 5.82 Å². The van der Waals surface area contributed by atoms with E-state index in [4.69, 9.17) is 25.8 Å². The van der Waals surface area contributed by atoms with Crippen molar-refractivity contribution in [2.45, 2.75) is 24.8 Å². The zero-order chi connectivity index (χ0) is 29.0. The van der Waals surface area contributed by atoms with Gasteiger partial charge in [-0.05, 0) is 55.5 Å². The highest BCUT2D eigenvalue weighted by Crippen LogP contribution is 2.40. The largest absolute Gasteiger partial charge is 0.494 e. The van der Waals surface area contributed by atoms with E-state index in [9.17, 15) is 32.6 Å². The Morgan fingerprint density at radius 3 is 2.31 bits per heavy atom. The standard InChI is InChI=1S/C26H25ClF4N2O6/c1-14(34)12-39-19-7-5-16(11-21(19)38-3)24(35)32-13-25(36,26(29,30)31)22-9-8-20(37-2)23(33-22)15-4-6-18(28)17(27)10-15/h4-11,14,34,36H,12-13H2,1-3H3,(H,32,35). The fourth-order valence-electron chi connectivity index (χ4n) is 3.48. The Labute approximate surface area is 226 Å². The Hall–Kier alpha value is -3.61. The average Bonchev–Trinajstić information content (AvgIpc) is 2.90. The van der Waals surface area contributed by atoms with E-state index in [0.29, 0.717) is 0 Å². The summed E-state index contributed by atoms with van der Waals surface area (Å²) in [6.45, 7) is 0.161. The summed E-state index contributed by atoms with van der Waals surface area (Å²) in [5.41, 5.74) is -4.53. The van der Waals surface area contributed by atoms with Gasteiger partial charge in [0.1, 0.15) is 23.9 Å². The number of benzene rings is 2. The van der Waals surface area contributed by atoms with Crippen LogP contribution >= 0.6 is 11.6 Å². The number of halogens is 5. The van der Waals surface area contributed by atoms with Crippen LogP contribution in [0.5, 0.6) is 17.2 Å². The van der Waals surface area contributed by atoms with Gasteiger partial charge in [-0.1, -0.05) is 11.6 Å². The van der Waals surface area contributed by atoms with Gasteiger partial charge in [0.25, 0.3) is 5.91 Å². The first kappa shape index (κ1) is 29.9. The summed E-state index contributed by atoms with van der Waals surface area (Å²) in [5, 5.41) is 22.0. The number of alkyl halides is 3. The first-order chi connectivity index (χ1) is 18.3. The van der Waals surface area contributed by atoms with Gasteiger partial charge in [-0.25, -0.2) is 9.37 Å². The molecule has 0 saturated heterocycles. The number of carbonyl (C=O) groups excluding carboxylic acids is 1. The molecular weight excluding hydrogens is 548 g/mol. The van der Waals surface area contributed by atoms with Crippen LogP contribution in [0.4, 0.5) is 17.6 Å². The molecule has 8 nitrogen and oxygen atoms in total. The van der Waals surface area contributed by atoms with Crippen molar-refractivity contribution in [3.05, 3.63) is 70.6 Å². The van der Waals surface area contributed by atoms with Crippen molar-refractivity contribution >= 4 is 17.5 Å². The minimum absolute atomic E-state index is 0.0416. The van der Waals surface area contributed by atoms with Gasteiger partial charge in [0.15, 0.2) is 11.5 Å². The lowest BCUT2D eigenvalue weighted by atomic mass is 9.96. The van der Waals surface area contributed by atoms with E-state index in [1.807, 2.05) is 0 Å². The Bertz CT molecular complexity index is 1340. The summed E-state index contributed by atoms with van der Waals surface area (Å²) in [4.78, 5) is 16.7. The van der Waals surface area contributed by atoms with Gasteiger partial charge in [0, 0.05) is 11.1 Å². The number of pyridine rings is 1. The lowest BCUT2D eigenvalue weighted by Crippen LogP contribution is -2.51. The maximum absolute atomic E-state index is 14.2. The van der Waals surface area contributed by atoms with Crippen molar-refractivity contribution in [2.75, 3.05) is 27.4 Å². The highest BCUT2D eigenvalue weighted by Gasteiger charge is 2.56. The molecule has 0 bridgehead atoms. The third-order valence-electron chi connectivity index (χ3n) is 5.57. The molecule has 0 saturated carbocycles. The highest BCUT2D eigenvalue weighted by atomic mass is 35.5. The number of nitrogens with one attached hydrogen (secondary N) is 1. The van der Waals surface area contributed by atoms with Crippen molar-refractivity contribution in [3.63, 3.8) is 0 Å². The Morgan fingerprint density at radius 1 is 1.05 bits per heavy atom. The van der Waals surface area contributed by atoms with E-state index in [2.05, 4.69) is 10.3 Å². The van der Waals surface area contributed by atoms with Crippen molar-refractivity contribution in [2.24, 2.45) is 0 Å². The van der Waals surface area contributed by atoms with Crippen LogP contribution in [0.1, 0.15) is 23.0 Å². The summed E-state index contributed by atoms with van der Waals surface area (Å²) in [7, 11) is 2.56. The zero-order valence-electron chi connectivity index (χ0n) is 21.0. The van der Waals surface area contributed by atoms with E-state index < -0.39 is 41.8 Å². The van der Waals surface area contributed by atoms with Gasteiger partial charge >= 0.3 is 6.18 Å². The molecule has 0 radical (unpaired) electrons. The number of aliphatic hydroxyl groups is 2. The molecule has 0 spiro atoms. The number of rotatable bonds is 10. The Kier molecular flexibility index (Phi) is 9.26. The summed E-state index contributed by atoms with van der Waals surface area (Å²) < 4.78 is 71.9. The Balaban J connectivity index is 1.93. The van der Waals surface area contributed by atoms with Crippen LogP contribution in [0.2, 0.25) is 5.02 Å². The molecule has 2 unspecified atom stereocenters. The van der Waals surface area contributed by atoms with E-state index in [-0.39, 0.29) is 45.7 Å². The molecular formula is C26H25ClF4N2O6. The second-order valence-electron chi connectivity index (χ2n) is 8.44. The molecule has 2 aromatic carbocycles. The van der Waals surface area contributed by atoms with Gasteiger partial charge < -0.3 is 29.7 Å². The molecule has 0 aliphatic rings. The SMILES string of the molecule is COc1cc(C(=O)NCC(O)(c2ccc(OC)c(-c3ccc(F)c(Cl)c3)n2)C(F)(F)F)ccc1OCC(C)O. The molecule has 0 aliphatic heterocycles. The minimum Gasteiger partial charge on any atom is -0.494 e. The smallest absolute Gasteiger partial charge is 0.424 e. The summed E-state index contributed by atoms with van der Waals surface area (Å²) in [5.74, 6) is -1.34. The molecule has 1 heterocycles. The fraction of sp³-hybridized carbons (Fsp3) is 0.308. The molecule has 2 atom stereocenters. The molecule has 210 valence electrons. The topological polar surface area (TPSA) is 110 Å². The molecule has 1 amide bonds. The second kappa shape index (κ2) is 12.1. The van der Waals surface area contributed by atoms with Crippen molar-refractivity contribution < 1.29 is 46.8 Å². The van der Waals surface area contributed by atoms with E-state index in [1.165, 1.54) is 45.4 Å². The number of amides is 1. The van der Waals surface area contributed by atoms with Crippen molar-refractivity contribution in [3.8, 4) is 28.5 Å². The number of aromatic nitrogens is 1. The summed E-state index contributed by atoms with van der Waals surface area (Å²) in [6, 6.07) is 9.35. The number of aliphatic hydroxyl groups excluding tert-OH is 1. The van der Waals surface area contributed by atoms with Crippen LogP contribution in [-0.2, 0) is 5.60 Å². The summed E-state index contributed by atoms with van der Waals surface area (Å²) in [6.07, 6.45) is -6.04. The maximum atomic E-state index is 14.2. The van der Waals surface area contributed by atoms with Crippen molar-refractivity contribution in [1.82, 2.24) is 10.3 Å². The van der Waals surface area contributed by atoms with E-state index >= 15 is 0 Å². The van der Waals surface area contributed by atoms with Crippen LogP contribution in [0.3, 0.4) is 0 Å². The lowest BCUT2D eigenvalue weighted by molar-refractivity contribution is -0.265. The van der Waals surface area contributed by atoms with Crippen molar-refractivity contribution in [1.29, 1.82) is 0 Å². The second-order valence-corrected chi connectivity index (χ2v) is 8.85. The van der Waals surface area contributed by atoms with Gasteiger partial charge in [0.05, 0.1) is 37.6 Å². The van der Waals surface area contributed by atoms with Gasteiger partial charge in [-0.15, -0.1) is 0 Å².